The average molecular weight is 502 g/mol. The predicted molar refractivity (Wildman–Crippen MR) is 81.5 cm³/mol. The van der Waals surface area contributed by atoms with E-state index >= 15 is 0 Å². The van der Waals surface area contributed by atoms with Gasteiger partial charge in [0, 0.05) is 0 Å². The van der Waals surface area contributed by atoms with Crippen molar-refractivity contribution in [2.45, 2.75) is 0 Å². The monoisotopic (exact) mass is 506 g/mol. The molecule has 0 aromatic heterocycles. The molecule has 0 nitrogen and oxygen atoms in total. The number of rotatable bonds is 2. The summed E-state index contributed by atoms with van der Waals surface area (Å²) in [6.07, 6.45) is 0. The van der Waals surface area contributed by atoms with E-state index in [1.165, 1.54) is 7.22 Å². The van der Waals surface area contributed by atoms with Gasteiger partial charge in [0.1, 0.15) is 0 Å². The van der Waals surface area contributed by atoms with Crippen molar-refractivity contribution < 1.29 is 0 Å². The zero-order valence-electron chi connectivity index (χ0n) is 9.19. The van der Waals surface area contributed by atoms with Crippen molar-refractivity contribution in [3.63, 3.8) is 0 Å². The van der Waals surface area contributed by atoms with Gasteiger partial charge < -0.3 is 0 Å². The van der Waals surface area contributed by atoms with Gasteiger partial charge in [-0.1, -0.05) is 0 Å². The summed E-state index contributed by atoms with van der Waals surface area (Å²) >= 11 is 10.9. The number of benzene rings is 2. The summed E-state index contributed by atoms with van der Waals surface area (Å²) in [5, 5.41) is 1.57. The number of halogens is 2. The predicted octanol–water partition coefficient (Wildman–Crippen LogP) is 2.27. The van der Waals surface area contributed by atoms with Crippen LogP contribution in [0.3, 0.4) is 0 Å². The molecule has 4 heteroatoms. The van der Waals surface area contributed by atoms with Gasteiger partial charge >= 0.3 is 139 Å². The van der Waals surface area contributed by atoms with Gasteiger partial charge in [0.2, 0.25) is 0 Å². The zero-order chi connectivity index (χ0) is 12.8. The molecule has 2 rings (SSSR count). The quantitative estimate of drug-likeness (QED) is 0.437. The fourth-order valence-electron chi connectivity index (χ4n) is 1.16. The van der Waals surface area contributed by atoms with Crippen molar-refractivity contribution in [3.8, 4) is 7.94 Å². The zero-order valence-corrected chi connectivity index (χ0v) is 15.4. The maximum absolute atomic E-state index is 5.84. The molecule has 0 aliphatic rings. The number of hydrogen-bond donors (Lipinski definition) is 0. The van der Waals surface area contributed by atoms with Gasteiger partial charge in [-0.15, -0.1) is 0 Å². The summed E-state index contributed by atoms with van der Waals surface area (Å²) < 4.78 is 9.36. The Morgan fingerprint density at radius 3 is 1.28 bits per heavy atom. The fourth-order valence-corrected chi connectivity index (χ4v) is 5.48. The molecule has 0 aliphatic carbocycles. The first-order valence-corrected chi connectivity index (χ1v) is 10.5. The topological polar surface area (TPSA) is 0 Å². The molecule has 0 heterocycles. The molecule has 0 bridgehead atoms. The molecule has 0 fully saturated rings. The van der Waals surface area contributed by atoms with Gasteiger partial charge in [-0.25, -0.2) is 0 Å². The van der Waals surface area contributed by atoms with Crippen molar-refractivity contribution in [1.82, 2.24) is 0 Å². The van der Waals surface area contributed by atoms with Crippen molar-refractivity contribution in [2.24, 2.45) is 0 Å². The van der Waals surface area contributed by atoms with E-state index in [-0.39, 0.29) is 41.8 Å². The Bertz CT molecular complexity index is 514. The van der Waals surface area contributed by atoms with Gasteiger partial charge in [0.05, 0.1) is 0 Å². The molecular weight excluding hydrogens is 494 g/mol. The summed E-state index contributed by atoms with van der Waals surface area (Å²) in [7, 11) is 0. The Kier molecular flexibility index (Phi) is 6.21. The molecule has 18 heavy (non-hydrogen) atoms. The summed E-state index contributed by atoms with van der Waals surface area (Å²) in [6, 6.07) is 16.0. The maximum atomic E-state index is 5.84. The first-order chi connectivity index (χ1) is 8.74. The number of hydrogen-bond acceptors (Lipinski definition) is 0. The van der Waals surface area contributed by atoms with Crippen LogP contribution < -0.4 is 7.22 Å². The van der Waals surface area contributed by atoms with E-state index in [1.54, 1.807) is 0 Å². The van der Waals surface area contributed by atoms with Crippen LogP contribution in [0.1, 0.15) is 0 Å². The molecule has 0 saturated carbocycles. The minimum absolute atomic E-state index is 0.384. The van der Waals surface area contributed by atoms with Crippen LogP contribution in [0.4, 0.5) is 0 Å². The van der Waals surface area contributed by atoms with Gasteiger partial charge in [-0.2, -0.15) is 0 Å². The molecular formula is C14H8Cl2Te2. The van der Waals surface area contributed by atoms with E-state index in [0.29, 0.717) is 0 Å². The van der Waals surface area contributed by atoms with Crippen LogP contribution in [-0.2, 0) is 0 Å². The van der Waals surface area contributed by atoms with Crippen LogP contribution in [0, 0.1) is 7.94 Å². The second-order valence-corrected chi connectivity index (χ2v) is 9.21. The Balaban J connectivity index is 1.89. The average Bonchev–Trinajstić information content (AvgIpc) is 2.39. The van der Waals surface area contributed by atoms with E-state index < -0.39 is 0 Å². The Morgan fingerprint density at radius 2 is 0.944 bits per heavy atom. The second kappa shape index (κ2) is 7.68. The Labute approximate surface area is 137 Å². The van der Waals surface area contributed by atoms with Crippen LogP contribution in [0.15, 0.2) is 48.5 Å². The van der Waals surface area contributed by atoms with Crippen molar-refractivity contribution in [3.05, 3.63) is 58.6 Å². The van der Waals surface area contributed by atoms with Crippen molar-refractivity contribution in [1.29, 1.82) is 0 Å². The summed E-state index contributed by atoms with van der Waals surface area (Å²) in [6.45, 7) is 0. The van der Waals surface area contributed by atoms with Gasteiger partial charge in [0.25, 0.3) is 0 Å². The molecule has 0 amide bonds. The van der Waals surface area contributed by atoms with Gasteiger partial charge in [-0.05, 0) is 0 Å². The molecule has 2 aromatic carbocycles. The first-order valence-electron chi connectivity index (χ1n) is 5.09. The van der Waals surface area contributed by atoms with E-state index in [4.69, 9.17) is 23.2 Å². The standard InChI is InChI=1S/C14H8Cl2Te2/c15-11-1-5-13(6-2-11)17-9-10-18-14-7-3-12(16)4-8-14/h1-8H. The van der Waals surface area contributed by atoms with Crippen molar-refractivity contribution >= 4 is 72.3 Å². The van der Waals surface area contributed by atoms with Crippen LogP contribution in [0.2, 0.25) is 10.0 Å². The van der Waals surface area contributed by atoms with Crippen LogP contribution in [-0.4, -0.2) is 41.8 Å². The first kappa shape index (κ1) is 14.6. The van der Waals surface area contributed by atoms with E-state index in [2.05, 4.69) is 32.2 Å². The third-order valence-electron chi connectivity index (χ3n) is 2.01. The second-order valence-electron chi connectivity index (χ2n) is 3.32. The molecule has 0 saturated heterocycles. The van der Waals surface area contributed by atoms with E-state index in [1.807, 2.05) is 24.3 Å². The Morgan fingerprint density at radius 1 is 0.611 bits per heavy atom. The van der Waals surface area contributed by atoms with Crippen LogP contribution in [0.25, 0.3) is 0 Å². The summed E-state index contributed by atoms with van der Waals surface area (Å²) in [5.74, 6) is 0. The summed E-state index contributed by atoms with van der Waals surface area (Å²) in [5.41, 5.74) is 0. The van der Waals surface area contributed by atoms with Crippen molar-refractivity contribution in [2.75, 3.05) is 0 Å². The fraction of sp³-hybridized carbons (Fsp3) is 0. The third-order valence-corrected chi connectivity index (χ3v) is 7.83. The normalized spacial score (nSPS) is 9.67. The molecule has 0 N–H and O–H groups in total. The molecule has 0 atom stereocenters. The minimum atomic E-state index is -0.384. The SMILES string of the molecule is Clc1ccc([Te]C#C[Te]c2ccc(Cl)cc2)cc1. The van der Waals surface area contributed by atoms with E-state index in [9.17, 15) is 0 Å². The summed E-state index contributed by atoms with van der Waals surface area (Å²) in [4.78, 5) is 0. The molecule has 2 aromatic rings. The molecule has 90 valence electrons. The van der Waals surface area contributed by atoms with E-state index in [0.717, 1.165) is 10.0 Å². The van der Waals surface area contributed by atoms with Gasteiger partial charge in [-0.3, -0.25) is 0 Å². The van der Waals surface area contributed by atoms with Gasteiger partial charge in [0.15, 0.2) is 0 Å². The van der Waals surface area contributed by atoms with Crippen LogP contribution >= 0.6 is 23.2 Å². The molecule has 0 aliphatic heterocycles. The Hall–Kier alpha value is 0.159. The molecule has 0 unspecified atom stereocenters. The van der Waals surface area contributed by atoms with Crippen LogP contribution in [0.5, 0.6) is 0 Å². The third kappa shape index (κ3) is 5.03. The molecule has 0 radical (unpaired) electrons. The molecule has 0 spiro atoms.